The van der Waals surface area contributed by atoms with Gasteiger partial charge < -0.3 is 0 Å². The number of rotatable bonds is 2. The van der Waals surface area contributed by atoms with E-state index in [2.05, 4.69) is 77.6 Å². The van der Waals surface area contributed by atoms with E-state index in [0.717, 1.165) is 12.8 Å². The minimum atomic E-state index is 1.15. The molecule has 2 aromatic heterocycles. The van der Waals surface area contributed by atoms with Crippen LogP contribution in [-0.2, 0) is 12.8 Å². The molecule has 0 aliphatic rings. The second kappa shape index (κ2) is 8.02. The van der Waals surface area contributed by atoms with E-state index in [1.165, 1.54) is 22.1 Å². The van der Waals surface area contributed by atoms with Crippen molar-refractivity contribution in [3.05, 3.63) is 58.2 Å². The molecule has 0 bridgehead atoms. The van der Waals surface area contributed by atoms with Crippen molar-refractivity contribution in [2.75, 3.05) is 0 Å². The molecule has 0 saturated carbocycles. The Hall–Kier alpha value is -1.17. The molecule has 0 atom stereocenters. The van der Waals surface area contributed by atoms with E-state index in [0.29, 0.717) is 0 Å². The predicted octanol–water partition coefficient (Wildman–Crippen LogP) is 3.79. The van der Waals surface area contributed by atoms with Gasteiger partial charge in [0.25, 0.3) is 0 Å². The van der Waals surface area contributed by atoms with Crippen molar-refractivity contribution in [2.24, 2.45) is 0 Å². The monoisotopic (exact) mass is 236 g/mol. The first-order chi connectivity index (χ1) is 8.69. The zero-order chi connectivity index (χ0) is 13.4. The Balaban J connectivity index is 0.000000180. The molecule has 0 amide bonds. The van der Waals surface area contributed by atoms with Gasteiger partial charge in [0, 0.05) is 0 Å². The van der Waals surface area contributed by atoms with Crippen LogP contribution in [0.25, 0.3) is 0 Å². The molecule has 2 heterocycles. The van der Waals surface area contributed by atoms with Gasteiger partial charge in [0.05, 0.1) is 0 Å². The Bertz CT molecular complexity index is 433. The van der Waals surface area contributed by atoms with Gasteiger partial charge in [-0.2, -0.15) is 0 Å². The van der Waals surface area contributed by atoms with Gasteiger partial charge in [-0.15, -0.1) is 0 Å². The van der Waals surface area contributed by atoms with E-state index in [1.807, 2.05) is 0 Å². The summed E-state index contributed by atoms with van der Waals surface area (Å²) in [5.74, 6) is 6.32. The Kier molecular flexibility index (Phi) is 6.64. The fraction of sp³-hybridized carbons (Fsp3) is 0.375. The quantitative estimate of drug-likeness (QED) is 0.743. The van der Waals surface area contributed by atoms with Crippen LogP contribution in [0.15, 0.2) is 36.1 Å². The van der Waals surface area contributed by atoms with Crippen molar-refractivity contribution < 1.29 is 0 Å². The van der Waals surface area contributed by atoms with Crippen molar-refractivity contribution in [3.63, 3.8) is 0 Å². The third-order valence-electron chi connectivity index (χ3n) is 3.28. The fourth-order valence-electron chi connectivity index (χ4n) is 2.01. The van der Waals surface area contributed by atoms with Gasteiger partial charge >= 0.3 is 113 Å². The van der Waals surface area contributed by atoms with E-state index < -0.39 is 0 Å². The molecule has 18 heavy (non-hydrogen) atoms. The fourth-order valence-corrected chi connectivity index (χ4v) is 2.01. The molecule has 0 spiro atoms. The van der Waals surface area contributed by atoms with Crippen LogP contribution in [0, 0.1) is 13.8 Å². The first kappa shape index (κ1) is 14.9. The molecule has 2 heteroatoms. The average molecular weight is 236 g/mol. The van der Waals surface area contributed by atoms with Gasteiger partial charge in [0.15, 0.2) is 0 Å². The van der Waals surface area contributed by atoms with Crippen LogP contribution >= 0.6 is 0 Å². The first-order valence-electron chi connectivity index (χ1n) is 6.78. The van der Waals surface area contributed by atoms with Gasteiger partial charge in [-0.05, 0) is 0 Å². The summed E-state index contributed by atoms with van der Waals surface area (Å²) >= 11 is 0. The maximum atomic E-state index is 2.18. The molecule has 0 aliphatic heterocycles. The van der Waals surface area contributed by atoms with Crippen LogP contribution in [0.1, 0.15) is 36.0 Å². The van der Waals surface area contributed by atoms with Gasteiger partial charge in [0.1, 0.15) is 0 Å². The SMILES string of the molecule is CCc1ccbcc1C.CCc1cccbc1C. The number of aryl methyl sites for hydroxylation is 4. The minimum absolute atomic E-state index is 1.15. The van der Waals surface area contributed by atoms with Crippen molar-refractivity contribution in [3.8, 4) is 0 Å². The summed E-state index contributed by atoms with van der Waals surface area (Å²) in [5, 5.41) is 0. The number of hydrogen-bond donors (Lipinski definition) is 0. The molecule has 0 saturated heterocycles. The van der Waals surface area contributed by atoms with Gasteiger partial charge in [-0.1, -0.05) is 0 Å². The molecule has 0 aliphatic carbocycles. The Morgan fingerprint density at radius 3 is 2.11 bits per heavy atom. The molecule has 0 fully saturated rings. The van der Waals surface area contributed by atoms with E-state index in [-0.39, 0.29) is 0 Å². The zero-order valence-electron chi connectivity index (χ0n) is 12.0. The van der Waals surface area contributed by atoms with Crippen molar-refractivity contribution >= 4 is 13.8 Å². The van der Waals surface area contributed by atoms with Crippen LogP contribution in [0.4, 0.5) is 0 Å². The summed E-state index contributed by atoms with van der Waals surface area (Å²) in [4.78, 5) is 0. The molecule has 2 aromatic rings. The van der Waals surface area contributed by atoms with Crippen LogP contribution < -0.4 is 0 Å². The van der Waals surface area contributed by atoms with Gasteiger partial charge in [0.2, 0.25) is 0 Å². The maximum absolute atomic E-state index is 2.18. The standard InChI is InChI=1S/2C8H11B/c1-3-8-4-5-9-6-7(8)2;1-3-8-5-4-6-9-7(8)2/h2*4-6H,3H2,1-2H3. The summed E-state index contributed by atoms with van der Waals surface area (Å²) in [6.07, 6.45) is 2.29. The Labute approximate surface area is 113 Å². The Morgan fingerprint density at radius 1 is 0.944 bits per heavy atom. The summed E-state index contributed by atoms with van der Waals surface area (Å²) in [6, 6.07) is 6.44. The van der Waals surface area contributed by atoms with E-state index in [4.69, 9.17) is 0 Å². The normalized spacial score (nSPS) is 9.11. The van der Waals surface area contributed by atoms with Crippen molar-refractivity contribution in [2.45, 2.75) is 40.5 Å². The first-order valence-corrected chi connectivity index (χ1v) is 6.78. The summed E-state index contributed by atoms with van der Waals surface area (Å²) in [6.45, 7) is 12.9. The van der Waals surface area contributed by atoms with Crippen molar-refractivity contribution in [1.29, 1.82) is 0 Å². The third kappa shape index (κ3) is 4.60. The van der Waals surface area contributed by atoms with Crippen LogP contribution in [0.2, 0.25) is 0 Å². The molecular weight excluding hydrogens is 214 g/mol. The predicted molar refractivity (Wildman–Crippen MR) is 83.8 cm³/mol. The van der Waals surface area contributed by atoms with E-state index in [1.54, 1.807) is 0 Å². The van der Waals surface area contributed by atoms with Crippen LogP contribution in [0.3, 0.4) is 0 Å². The summed E-state index contributed by atoms with van der Waals surface area (Å²) in [5.41, 5.74) is 5.72. The molecule has 2 rings (SSSR count). The van der Waals surface area contributed by atoms with Crippen LogP contribution in [0.5, 0.6) is 0 Å². The number of hydrogen-bond acceptors (Lipinski definition) is 0. The molecule has 0 aromatic carbocycles. The van der Waals surface area contributed by atoms with Crippen LogP contribution in [-0.4, -0.2) is 13.8 Å². The molecule has 0 N–H and O–H groups in total. The third-order valence-corrected chi connectivity index (χ3v) is 3.28. The molecule has 0 unspecified atom stereocenters. The average Bonchev–Trinajstić information content (AvgIpc) is 2.41. The molecule has 0 nitrogen and oxygen atoms in total. The molecule has 0 radical (unpaired) electrons. The topological polar surface area (TPSA) is 0 Å². The van der Waals surface area contributed by atoms with E-state index >= 15 is 0 Å². The summed E-state index contributed by atoms with van der Waals surface area (Å²) in [7, 11) is 0. The van der Waals surface area contributed by atoms with Gasteiger partial charge in [-0.25, -0.2) is 0 Å². The zero-order valence-corrected chi connectivity index (χ0v) is 12.0. The Morgan fingerprint density at radius 2 is 1.67 bits per heavy atom. The molecular formula is C16H22B2. The second-order valence-corrected chi connectivity index (χ2v) is 4.56. The summed E-state index contributed by atoms with van der Waals surface area (Å²) < 4.78 is 0. The molecule has 92 valence electrons. The second-order valence-electron chi connectivity index (χ2n) is 4.56. The van der Waals surface area contributed by atoms with Crippen molar-refractivity contribution in [1.82, 2.24) is 0 Å². The van der Waals surface area contributed by atoms with Gasteiger partial charge in [-0.3, -0.25) is 0 Å². The van der Waals surface area contributed by atoms with E-state index in [9.17, 15) is 0 Å².